The zero-order valence-electron chi connectivity index (χ0n) is 13.1. The van der Waals surface area contributed by atoms with E-state index in [4.69, 9.17) is 17.3 Å². The molecule has 23 heavy (non-hydrogen) atoms. The van der Waals surface area contributed by atoms with Crippen LogP contribution in [0.3, 0.4) is 0 Å². The van der Waals surface area contributed by atoms with Crippen LogP contribution in [0.4, 0.5) is 5.69 Å². The third-order valence-corrected chi connectivity index (χ3v) is 4.34. The molecule has 3 nitrogen and oxygen atoms in total. The molecule has 120 valence electrons. The van der Waals surface area contributed by atoms with Crippen LogP contribution in [0.25, 0.3) is 10.9 Å². The van der Waals surface area contributed by atoms with Crippen molar-refractivity contribution in [3.8, 4) is 0 Å². The Morgan fingerprint density at radius 3 is 2.78 bits per heavy atom. The lowest BCUT2D eigenvalue weighted by molar-refractivity contribution is 0.832. The maximum atomic E-state index is 6.11. The maximum absolute atomic E-state index is 6.11. The van der Waals surface area contributed by atoms with Gasteiger partial charge in [-0.2, -0.15) is 0 Å². The average Bonchev–Trinajstić information content (AvgIpc) is 2.98. The summed E-state index contributed by atoms with van der Waals surface area (Å²) < 4.78 is 0. The fourth-order valence-electron chi connectivity index (χ4n) is 2.90. The zero-order chi connectivity index (χ0) is 16.1. The number of rotatable bonds is 7. The predicted molar refractivity (Wildman–Crippen MR) is 99.3 cm³/mol. The second-order valence-corrected chi connectivity index (χ2v) is 6.17. The Morgan fingerprint density at radius 1 is 1.04 bits per heavy atom. The lowest BCUT2D eigenvalue weighted by atomic mass is 10.1. The van der Waals surface area contributed by atoms with Gasteiger partial charge in [-0.3, -0.25) is 0 Å². The molecule has 0 aliphatic heterocycles. The molecule has 0 unspecified atom stereocenters. The molecular weight excluding hydrogens is 306 g/mol. The van der Waals surface area contributed by atoms with Crippen molar-refractivity contribution < 1.29 is 0 Å². The van der Waals surface area contributed by atoms with Crippen molar-refractivity contribution >= 4 is 28.2 Å². The first-order valence-electron chi connectivity index (χ1n) is 8.05. The molecule has 0 atom stereocenters. The van der Waals surface area contributed by atoms with E-state index in [1.165, 1.54) is 22.0 Å². The van der Waals surface area contributed by atoms with Crippen LogP contribution in [0.5, 0.6) is 0 Å². The molecule has 0 saturated heterocycles. The number of nitrogens with one attached hydrogen (secondary N) is 2. The van der Waals surface area contributed by atoms with Gasteiger partial charge in [0.05, 0.1) is 0 Å². The van der Waals surface area contributed by atoms with Crippen LogP contribution in [0, 0.1) is 0 Å². The summed E-state index contributed by atoms with van der Waals surface area (Å²) in [7, 11) is 0. The van der Waals surface area contributed by atoms with Crippen LogP contribution in [-0.2, 0) is 12.8 Å². The molecule has 4 heteroatoms. The van der Waals surface area contributed by atoms with Crippen molar-refractivity contribution in [1.82, 2.24) is 4.98 Å². The minimum atomic E-state index is 0.696. The predicted octanol–water partition coefficient (Wildman–Crippen LogP) is 4.37. The first-order chi connectivity index (χ1) is 11.3. The van der Waals surface area contributed by atoms with E-state index in [0.717, 1.165) is 36.5 Å². The highest BCUT2D eigenvalue weighted by molar-refractivity contribution is 6.30. The maximum Gasteiger partial charge on any atom is 0.0456 e. The van der Waals surface area contributed by atoms with Crippen molar-refractivity contribution in [3.05, 3.63) is 64.8 Å². The number of aromatic nitrogens is 1. The van der Waals surface area contributed by atoms with Gasteiger partial charge in [-0.1, -0.05) is 29.8 Å². The van der Waals surface area contributed by atoms with E-state index < -0.39 is 0 Å². The van der Waals surface area contributed by atoms with Gasteiger partial charge in [0.2, 0.25) is 0 Å². The molecule has 1 heterocycles. The number of aromatic amines is 1. The standard InChI is InChI=1S/C19H22ClN3/c20-16-7-8-18(14(12-16)4-3-10-21)22-11-9-15-13-23-19-6-2-1-5-17(15)19/h1-2,5-8,12-13,22-23H,3-4,9-11,21H2. The molecule has 2 aromatic carbocycles. The number of hydrogen-bond acceptors (Lipinski definition) is 2. The fraction of sp³-hybridized carbons (Fsp3) is 0.263. The summed E-state index contributed by atoms with van der Waals surface area (Å²) >= 11 is 6.11. The summed E-state index contributed by atoms with van der Waals surface area (Å²) in [5, 5.41) is 5.62. The zero-order valence-corrected chi connectivity index (χ0v) is 13.9. The van der Waals surface area contributed by atoms with Crippen LogP contribution in [0.15, 0.2) is 48.7 Å². The molecule has 0 saturated carbocycles. The molecule has 0 amide bonds. The highest BCUT2D eigenvalue weighted by Gasteiger charge is 2.05. The van der Waals surface area contributed by atoms with E-state index in [1.54, 1.807) is 0 Å². The quantitative estimate of drug-likeness (QED) is 0.603. The van der Waals surface area contributed by atoms with Gasteiger partial charge in [-0.15, -0.1) is 0 Å². The normalized spacial score (nSPS) is 11.0. The molecule has 4 N–H and O–H groups in total. The number of hydrogen-bond donors (Lipinski definition) is 3. The van der Waals surface area contributed by atoms with Crippen molar-refractivity contribution in [1.29, 1.82) is 0 Å². The molecule has 0 spiro atoms. The topological polar surface area (TPSA) is 53.8 Å². The molecule has 3 rings (SSSR count). The van der Waals surface area contributed by atoms with Crippen molar-refractivity contribution in [3.63, 3.8) is 0 Å². The smallest absolute Gasteiger partial charge is 0.0456 e. The summed E-state index contributed by atoms with van der Waals surface area (Å²) in [6, 6.07) is 14.4. The Balaban J connectivity index is 1.66. The third kappa shape index (κ3) is 3.87. The van der Waals surface area contributed by atoms with Crippen LogP contribution in [0.1, 0.15) is 17.5 Å². The van der Waals surface area contributed by atoms with Gasteiger partial charge in [-0.25, -0.2) is 0 Å². The van der Waals surface area contributed by atoms with Gasteiger partial charge in [0.1, 0.15) is 0 Å². The molecule has 3 aromatic rings. The van der Waals surface area contributed by atoms with E-state index in [-0.39, 0.29) is 0 Å². The van der Waals surface area contributed by atoms with Gasteiger partial charge in [0.15, 0.2) is 0 Å². The Kier molecular flexibility index (Phi) is 5.21. The number of anilines is 1. The molecule has 1 aromatic heterocycles. The van der Waals surface area contributed by atoms with Crippen LogP contribution < -0.4 is 11.1 Å². The lowest BCUT2D eigenvalue weighted by Gasteiger charge is -2.12. The number of fused-ring (bicyclic) bond motifs is 1. The first kappa shape index (κ1) is 15.9. The van der Waals surface area contributed by atoms with E-state index >= 15 is 0 Å². The summed E-state index contributed by atoms with van der Waals surface area (Å²) in [6.07, 6.45) is 5.00. The number of H-pyrrole nitrogens is 1. The molecular formula is C19H22ClN3. The Hall–Kier alpha value is -1.97. The lowest BCUT2D eigenvalue weighted by Crippen LogP contribution is -2.08. The first-order valence-corrected chi connectivity index (χ1v) is 8.43. The van der Waals surface area contributed by atoms with E-state index in [1.807, 2.05) is 12.1 Å². The number of aryl methyl sites for hydroxylation is 1. The van der Waals surface area contributed by atoms with E-state index in [0.29, 0.717) is 6.54 Å². The molecule has 0 bridgehead atoms. The van der Waals surface area contributed by atoms with Crippen molar-refractivity contribution in [2.24, 2.45) is 5.73 Å². The number of benzene rings is 2. The van der Waals surface area contributed by atoms with Crippen LogP contribution in [-0.4, -0.2) is 18.1 Å². The number of nitrogens with two attached hydrogens (primary N) is 1. The SMILES string of the molecule is NCCCc1cc(Cl)ccc1NCCc1c[nH]c2ccccc12. The van der Waals surface area contributed by atoms with Crippen LogP contribution >= 0.6 is 11.6 Å². The third-order valence-electron chi connectivity index (χ3n) is 4.10. The minimum absolute atomic E-state index is 0.696. The van der Waals surface area contributed by atoms with Gasteiger partial charge in [0.25, 0.3) is 0 Å². The Labute approximate surface area is 141 Å². The second kappa shape index (κ2) is 7.53. The highest BCUT2D eigenvalue weighted by Crippen LogP contribution is 2.23. The summed E-state index contributed by atoms with van der Waals surface area (Å²) in [4.78, 5) is 3.32. The monoisotopic (exact) mass is 327 g/mol. The van der Waals surface area contributed by atoms with E-state index in [9.17, 15) is 0 Å². The Bertz CT molecular complexity index is 779. The van der Waals surface area contributed by atoms with Gasteiger partial charge >= 0.3 is 0 Å². The van der Waals surface area contributed by atoms with Gasteiger partial charge in [0, 0.05) is 34.4 Å². The van der Waals surface area contributed by atoms with Gasteiger partial charge < -0.3 is 16.0 Å². The molecule has 0 fully saturated rings. The molecule has 0 aliphatic carbocycles. The second-order valence-electron chi connectivity index (χ2n) is 5.73. The highest BCUT2D eigenvalue weighted by atomic mass is 35.5. The summed E-state index contributed by atoms with van der Waals surface area (Å²) in [5.74, 6) is 0. The molecule has 0 aliphatic rings. The average molecular weight is 328 g/mol. The number of para-hydroxylation sites is 1. The van der Waals surface area contributed by atoms with Crippen molar-refractivity contribution in [2.45, 2.75) is 19.3 Å². The van der Waals surface area contributed by atoms with Crippen LogP contribution in [0.2, 0.25) is 5.02 Å². The molecule has 0 radical (unpaired) electrons. The summed E-state index contributed by atoms with van der Waals surface area (Å²) in [5.41, 5.74) is 10.5. The summed E-state index contributed by atoms with van der Waals surface area (Å²) in [6.45, 7) is 1.58. The van der Waals surface area contributed by atoms with Crippen molar-refractivity contribution in [2.75, 3.05) is 18.4 Å². The Morgan fingerprint density at radius 2 is 1.91 bits per heavy atom. The number of halogens is 1. The van der Waals surface area contributed by atoms with E-state index in [2.05, 4.69) is 46.8 Å². The van der Waals surface area contributed by atoms with Gasteiger partial charge in [-0.05, 0) is 61.2 Å². The minimum Gasteiger partial charge on any atom is -0.384 e. The fourth-order valence-corrected chi connectivity index (χ4v) is 3.10. The largest absolute Gasteiger partial charge is 0.384 e.